The van der Waals surface area contributed by atoms with Crippen molar-refractivity contribution in [2.24, 2.45) is 5.92 Å². The molecule has 1 aliphatic heterocycles. The third-order valence-corrected chi connectivity index (χ3v) is 5.13. The Morgan fingerprint density at radius 2 is 2.00 bits per heavy atom. The van der Waals surface area contributed by atoms with Gasteiger partial charge in [-0.2, -0.15) is 0 Å². The molecule has 1 fully saturated rings. The summed E-state index contributed by atoms with van der Waals surface area (Å²) in [5.41, 5.74) is 1.25. The molecule has 1 atom stereocenters. The van der Waals surface area contributed by atoms with Crippen LogP contribution in [0.15, 0.2) is 24.3 Å². The van der Waals surface area contributed by atoms with E-state index in [1.165, 1.54) is 25.1 Å². The Bertz CT molecular complexity index is 405. The Labute approximate surface area is 136 Å². The monoisotopic (exact) mass is 358 g/mol. The molecule has 0 N–H and O–H groups in total. The van der Waals surface area contributed by atoms with Gasteiger partial charge in [0.1, 0.15) is 0 Å². The minimum Gasteiger partial charge on any atom is -0.369 e. The van der Waals surface area contributed by atoms with Gasteiger partial charge in [-0.3, -0.25) is 4.90 Å². The lowest BCUT2D eigenvalue weighted by Gasteiger charge is -2.37. The molecule has 1 aromatic rings. The molecule has 0 aliphatic carbocycles. The molecule has 0 saturated carbocycles. The van der Waals surface area contributed by atoms with Crippen LogP contribution in [0.2, 0.25) is 5.02 Å². The number of piperazine rings is 1. The van der Waals surface area contributed by atoms with Gasteiger partial charge in [0, 0.05) is 48.8 Å². The van der Waals surface area contributed by atoms with Gasteiger partial charge in [-0.15, -0.1) is 0 Å². The number of hydrogen-bond acceptors (Lipinski definition) is 2. The summed E-state index contributed by atoms with van der Waals surface area (Å²) >= 11 is 9.72. The number of nitrogens with zero attached hydrogens (tertiary/aromatic N) is 2. The van der Waals surface area contributed by atoms with Crippen molar-refractivity contribution in [2.75, 3.05) is 43.0 Å². The first kappa shape index (κ1) is 16.1. The molecule has 1 aliphatic rings. The maximum absolute atomic E-state index is 6.07. The molecule has 112 valence electrons. The van der Waals surface area contributed by atoms with E-state index in [4.69, 9.17) is 11.6 Å². The van der Waals surface area contributed by atoms with E-state index in [1.807, 2.05) is 12.1 Å². The van der Waals surface area contributed by atoms with Crippen LogP contribution < -0.4 is 4.90 Å². The van der Waals surface area contributed by atoms with Crippen molar-refractivity contribution >= 4 is 33.2 Å². The van der Waals surface area contributed by atoms with Gasteiger partial charge in [0.05, 0.1) is 0 Å². The van der Waals surface area contributed by atoms with Crippen molar-refractivity contribution in [3.05, 3.63) is 29.3 Å². The van der Waals surface area contributed by atoms with E-state index in [9.17, 15) is 0 Å². The number of rotatable bonds is 6. The molecule has 20 heavy (non-hydrogen) atoms. The normalized spacial score (nSPS) is 18.2. The molecular formula is C16H24BrClN2. The standard InChI is InChI=1S/C16H24BrClN2/c1-2-4-14(12-17)13-19-7-9-20(10-8-19)16-6-3-5-15(18)11-16/h3,5-6,11,14H,2,4,7-10,12-13H2,1H3. The highest BCUT2D eigenvalue weighted by Gasteiger charge is 2.19. The van der Waals surface area contributed by atoms with Crippen molar-refractivity contribution < 1.29 is 0 Å². The summed E-state index contributed by atoms with van der Waals surface area (Å²) < 4.78 is 0. The number of alkyl halides is 1. The lowest BCUT2D eigenvalue weighted by Crippen LogP contribution is -2.48. The Hall–Kier alpha value is -0.250. The zero-order valence-corrected chi connectivity index (χ0v) is 14.5. The fourth-order valence-corrected chi connectivity index (χ4v) is 3.57. The molecule has 1 heterocycles. The van der Waals surface area contributed by atoms with Crippen LogP contribution in [-0.2, 0) is 0 Å². The molecule has 0 bridgehead atoms. The maximum atomic E-state index is 6.07. The molecule has 1 saturated heterocycles. The van der Waals surface area contributed by atoms with Crippen molar-refractivity contribution in [1.29, 1.82) is 0 Å². The zero-order chi connectivity index (χ0) is 14.4. The first-order valence-corrected chi connectivity index (χ1v) is 9.01. The Morgan fingerprint density at radius 3 is 2.60 bits per heavy atom. The highest BCUT2D eigenvalue weighted by atomic mass is 79.9. The average Bonchev–Trinajstić information content (AvgIpc) is 2.47. The second kappa shape index (κ2) is 8.26. The van der Waals surface area contributed by atoms with E-state index in [0.29, 0.717) is 0 Å². The molecule has 0 aromatic heterocycles. The number of anilines is 1. The van der Waals surface area contributed by atoms with Crippen molar-refractivity contribution in [1.82, 2.24) is 4.90 Å². The molecule has 1 aromatic carbocycles. The Balaban J connectivity index is 1.83. The van der Waals surface area contributed by atoms with Gasteiger partial charge < -0.3 is 4.90 Å². The molecule has 2 nitrogen and oxygen atoms in total. The summed E-state index contributed by atoms with van der Waals surface area (Å²) in [6.07, 6.45) is 2.60. The summed E-state index contributed by atoms with van der Waals surface area (Å²) in [7, 11) is 0. The lowest BCUT2D eigenvalue weighted by molar-refractivity contribution is 0.222. The molecule has 2 rings (SSSR count). The van der Waals surface area contributed by atoms with Crippen LogP contribution in [0.25, 0.3) is 0 Å². The fraction of sp³-hybridized carbons (Fsp3) is 0.625. The third-order valence-electron chi connectivity index (χ3n) is 3.98. The zero-order valence-electron chi connectivity index (χ0n) is 12.2. The number of benzene rings is 1. The summed E-state index contributed by atoms with van der Waals surface area (Å²) in [6.45, 7) is 8.00. The van der Waals surface area contributed by atoms with Gasteiger partial charge in [0.2, 0.25) is 0 Å². The predicted octanol–water partition coefficient (Wildman–Crippen LogP) is 4.27. The average molecular weight is 360 g/mol. The second-order valence-corrected chi connectivity index (χ2v) is 6.66. The van der Waals surface area contributed by atoms with Crippen molar-refractivity contribution in [3.8, 4) is 0 Å². The Morgan fingerprint density at radius 1 is 1.25 bits per heavy atom. The van der Waals surface area contributed by atoms with Crippen LogP contribution in [0.5, 0.6) is 0 Å². The summed E-state index contributed by atoms with van der Waals surface area (Å²) in [6, 6.07) is 8.19. The first-order valence-electron chi connectivity index (χ1n) is 7.51. The van der Waals surface area contributed by atoms with Crippen molar-refractivity contribution in [3.63, 3.8) is 0 Å². The molecule has 1 unspecified atom stereocenters. The fourth-order valence-electron chi connectivity index (χ4n) is 2.85. The molecule has 4 heteroatoms. The van der Waals surface area contributed by atoms with Crippen molar-refractivity contribution in [2.45, 2.75) is 19.8 Å². The van der Waals surface area contributed by atoms with Gasteiger partial charge in [0.15, 0.2) is 0 Å². The van der Waals surface area contributed by atoms with E-state index in [0.717, 1.165) is 42.4 Å². The van der Waals surface area contributed by atoms with Gasteiger partial charge in [-0.25, -0.2) is 0 Å². The van der Waals surface area contributed by atoms with Gasteiger partial charge >= 0.3 is 0 Å². The molecule has 0 spiro atoms. The van der Waals surface area contributed by atoms with Crippen LogP contribution in [0.1, 0.15) is 19.8 Å². The largest absolute Gasteiger partial charge is 0.369 e. The first-order chi connectivity index (χ1) is 9.72. The summed E-state index contributed by atoms with van der Waals surface area (Å²) in [5, 5.41) is 1.95. The SMILES string of the molecule is CCCC(CBr)CN1CCN(c2cccc(Cl)c2)CC1. The second-order valence-electron chi connectivity index (χ2n) is 5.58. The quantitative estimate of drug-likeness (QED) is 0.700. The lowest BCUT2D eigenvalue weighted by atomic mass is 10.1. The molecular weight excluding hydrogens is 336 g/mol. The predicted molar refractivity (Wildman–Crippen MR) is 92.3 cm³/mol. The maximum Gasteiger partial charge on any atom is 0.0426 e. The van der Waals surface area contributed by atoms with Crippen LogP contribution in [-0.4, -0.2) is 43.0 Å². The minimum atomic E-state index is 0.790. The number of hydrogen-bond donors (Lipinski definition) is 0. The highest BCUT2D eigenvalue weighted by molar-refractivity contribution is 9.09. The third kappa shape index (κ3) is 4.64. The topological polar surface area (TPSA) is 6.48 Å². The highest BCUT2D eigenvalue weighted by Crippen LogP contribution is 2.21. The number of halogens is 2. The van der Waals surface area contributed by atoms with Gasteiger partial charge in [0.25, 0.3) is 0 Å². The van der Waals surface area contributed by atoms with E-state index in [-0.39, 0.29) is 0 Å². The summed E-state index contributed by atoms with van der Waals surface area (Å²) in [5.74, 6) is 0.790. The van der Waals surface area contributed by atoms with E-state index >= 15 is 0 Å². The van der Waals surface area contributed by atoms with E-state index < -0.39 is 0 Å². The van der Waals surface area contributed by atoms with E-state index in [1.54, 1.807) is 0 Å². The van der Waals surface area contributed by atoms with Gasteiger partial charge in [-0.1, -0.05) is 46.9 Å². The van der Waals surface area contributed by atoms with Crippen LogP contribution >= 0.6 is 27.5 Å². The summed E-state index contributed by atoms with van der Waals surface area (Å²) in [4.78, 5) is 5.04. The van der Waals surface area contributed by atoms with Crippen LogP contribution in [0.4, 0.5) is 5.69 Å². The smallest absolute Gasteiger partial charge is 0.0426 e. The van der Waals surface area contributed by atoms with Crippen LogP contribution in [0.3, 0.4) is 0 Å². The van der Waals surface area contributed by atoms with E-state index in [2.05, 4.69) is 44.8 Å². The minimum absolute atomic E-state index is 0.790. The molecule has 0 amide bonds. The van der Waals surface area contributed by atoms with Gasteiger partial charge in [-0.05, 0) is 30.5 Å². The molecule has 0 radical (unpaired) electrons. The van der Waals surface area contributed by atoms with Crippen LogP contribution in [0, 0.1) is 5.92 Å². The Kier molecular flexibility index (Phi) is 6.66.